The van der Waals surface area contributed by atoms with Crippen LogP contribution in [0.4, 0.5) is 5.69 Å². The van der Waals surface area contributed by atoms with E-state index in [9.17, 15) is 9.59 Å². The summed E-state index contributed by atoms with van der Waals surface area (Å²) in [4.78, 5) is 27.1. The first-order valence-electron chi connectivity index (χ1n) is 10.0. The van der Waals surface area contributed by atoms with E-state index in [4.69, 9.17) is 23.8 Å². The smallest absolute Gasteiger partial charge is 0.266 e. The van der Waals surface area contributed by atoms with E-state index >= 15 is 0 Å². The second kappa shape index (κ2) is 9.98. The fourth-order valence-corrected chi connectivity index (χ4v) is 4.51. The lowest BCUT2D eigenvalue weighted by Crippen LogP contribution is -2.29. The van der Waals surface area contributed by atoms with Crippen molar-refractivity contribution in [3.63, 3.8) is 0 Å². The van der Waals surface area contributed by atoms with Crippen LogP contribution in [0.25, 0.3) is 6.08 Å². The number of thiocarbonyl (C=S) groups is 1. The van der Waals surface area contributed by atoms with E-state index in [0.717, 1.165) is 5.56 Å². The molecule has 0 radical (unpaired) electrons. The van der Waals surface area contributed by atoms with Crippen LogP contribution in [0.2, 0.25) is 5.02 Å². The van der Waals surface area contributed by atoms with Crippen molar-refractivity contribution in [3.05, 3.63) is 69.6 Å². The number of rotatable bonds is 6. The van der Waals surface area contributed by atoms with Crippen molar-refractivity contribution in [2.75, 3.05) is 11.9 Å². The van der Waals surface area contributed by atoms with Crippen molar-refractivity contribution >= 4 is 63.5 Å². The molecule has 31 heavy (non-hydrogen) atoms. The molecule has 2 aromatic carbocycles. The molecular weight excluding hydrogens is 448 g/mol. The van der Waals surface area contributed by atoms with E-state index in [2.05, 4.69) is 38.2 Å². The van der Waals surface area contributed by atoms with Gasteiger partial charge < -0.3 is 5.32 Å². The molecule has 1 saturated heterocycles. The summed E-state index contributed by atoms with van der Waals surface area (Å²) in [6, 6.07) is 15.2. The molecule has 0 spiro atoms. The number of anilines is 1. The zero-order chi connectivity index (χ0) is 22.6. The van der Waals surface area contributed by atoms with Crippen molar-refractivity contribution in [1.29, 1.82) is 0 Å². The van der Waals surface area contributed by atoms with Crippen molar-refractivity contribution in [2.24, 2.45) is 0 Å². The molecule has 0 bridgehead atoms. The molecular formula is C24H25ClN2O2S2. The van der Waals surface area contributed by atoms with Gasteiger partial charge in [0.25, 0.3) is 5.91 Å². The third-order valence-corrected chi connectivity index (χ3v) is 6.49. The lowest BCUT2D eigenvalue weighted by Gasteiger charge is -2.18. The number of carbonyl (C=O) groups excluding carboxylic acids is 2. The molecule has 3 rings (SSSR count). The summed E-state index contributed by atoms with van der Waals surface area (Å²) < 4.78 is 0.528. The van der Waals surface area contributed by atoms with Crippen LogP contribution in [0.1, 0.15) is 44.7 Å². The topological polar surface area (TPSA) is 49.4 Å². The zero-order valence-corrected chi connectivity index (χ0v) is 20.2. The van der Waals surface area contributed by atoms with E-state index in [0.29, 0.717) is 39.3 Å². The largest absolute Gasteiger partial charge is 0.326 e. The van der Waals surface area contributed by atoms with Crippen LogP contribution in [0.3, 0.4) is 0 Å². The van der Waals surface area contributed by atoms with Gasteiger partial charge in [-0.05, 0) is 53.3 Å². The zero-order valence-electron chi connectivity index (χ0n) is 17.8. The Balaban J connectivity index is 1.54. The van der Waals surface area contributed by atoms with Crippen molar-refractivity contribution in [3.8, 4) is 0 Å². The summed E-state index contributed by atoms with van der Waals surface area (Å²) >= 11 is 12.5. The summed E-state index contributed by atoms with van der Waals surface area (Å²) in [6.07, 6.45) is 2.70. The quantitative estimate of drug-likeness (QED) is 0.398. The van der Waals surface area contributed by atoms with Gasteiger partial charge in [0.15, 0.2) is 0 Å². The van der Waals surface area contributed by atoms with Crippen LogP contribution in [0.15, 0.2) is 53.4 Å². The molecule has 0 unspecified atom stereocenters. The lowest BCUT2D eigenvalue weighted by molar-refractivity contribution is -0.122. The molecule has 0 saturated carbocycles. The van der Waals surface area contributed by atoms with Gasteiger partial charge in [-0.2, -0.15) is 0 Å². The minimum absolute atomic E-state index is 0.0851. The first-order chi connectivity index (χ1) is 14.6. The Labute approximate surface area is 198 Å². The molecule has 1 aliphatic heterocycles. The molecule has 0 atom stereocenters. The van der Waals surface area contributed by atoms with Crippen LogP contribution in [-0.2, 0) is 15.0 Å². The molecule has 2 amide bonds. The maximum atomic E-state index is 12.8. The molecule has 0 aliphatic carbocycles. The van der Waals surface area contributed by atoms with Crippen LogP contribution < -0.4 is 5.32 Å². The molecule has 1 N–H and O–H groups in total. The Bertz CT molecular complexity index is 1010. The van der Waals surface area contributed by atoms with Crippen molar-refractivity contribution in [1.82, 2.24) is 4.90 Å². The molecule has 7 heteroatoms. The second-order valence-electron chi connectivity index (χ2n) is 8.36. The van der Waals surface area contributed by atoms with Crippen LogP contribution in [0.5, 0.6) is 0 Å². The Morgan fingerprint density at radius 2 is 1.77 bits per heavy atom. The first-order valence-corrected chi connectivity index (χ1v) is 11.6. The molecule has 1 fully saturated rings. The third kappa shape index (κ3) is 6.42. The van der Waals surface area contributed by atoms with Gasteiger partial charge >= 0.3 is 0 Å². The maximum Gasteiger partial charge on any atom is 0.266 e. The summed E-state index contributed by atoms with van der Waals surface area (Å²) in [7, 11) is 0. The van der Waals surface area contributed by atoms with E-state index in [1.54, 1.807) is 29.2 Å². The first kappa shape index (κ1) is 23.5. The summed E-state index contributed by atoms with van der Waals surface area (Å²) in [5.74, 6) is -0.213. The molecule has 0 aromatic heterocycles. The summed E-state index contributed by atoms with van der Waals surface area (Å²) in [5.41, 5.74) is 2.99. The number of hydrogen-bond donors (Lipinski definition) is 1. The molecule has 1 aliphatic rings. The highest BCUT2D eigenvalue weighted by Gasteiger charge is 2.31. The van der Waals surface area contributed by atoms with Crippen LogP contribution >= 0.6 is 35.6 Å². The van der Waals surface area contributed by atoms with Gasteiger partial charge in [-0.1, -0.05) is 80.6 Å². The summed E-state index contributed by atoms with van der Waals surface area (Å²) in [5, 5.41) is 3.44. The summed E-state index contributed by atoms with van der Waals surface area (Å²) in [6.45, 7) is 6.92. The maximum absolute atomic E-state index is 12.8. The van der Waals surface area contributed by atoms with E-state index < -0.39 is 0 Å². The number of nitrogens with zero attached hydrogens (tertiary/aromatic N) is 1. The standard InChI is InChI=1S/C24H25ClN2O2S2/c1-24(2,3)17-8-6-16(7-9-17)15-20-22(29)27(23(30)31-20)14-4-5-21(28)26-19-12-10-18(25)11-13-19/h6-13,15H,4-5,14H2,1-3H3,(H,26,28)/b20-15-. The SMILES string of the molecule is CC(C)(C)c1ccc(/C=C2\SC(=S)N(CCCC(=O)Nc3ccc(Cl)cc3)C2=O)cc1. The van der Waals surface area contributed by atoms with Gasteiger partial charge in [0.1, 0.15) is 4.32 Å². The monoisotopic (exact) mass is 472 g/mol. The highest BCUT2D eigenvalue weighted by Crippen LogP contribution is 2.33. The predicted octanol–water partition coefficient (Wildman–Crippen LogP) is 6.26. The lowest BCUT2D eigenvalue weighted by atomic mass is 9.87. The van der Waals surface area contributed by atoms with Crippen LogP contribution in [0, 0.1) is 0 Å². The fourth-order valence-electron chi connectivity index (χ4n) is 3.08. The van der Waals surface area contributed by atoms with Gasteiger partial charge in [0, 0.05) is 23.7 Å². The number of nitrogens with one attached hydrogen (secondary N) is 1. The highest BCUT2D eigenvalue weighted by atomic mass is 35.5. The molecule has 4 nitrogen and oxygen atoms in total. The van der Waals surface area contributed by atoms with Gasteiger partial charge in [-0.3, -0.25) is 14.5 Å². The predicted molar refractivity (Wildman–Crippen MR) is 134 cm³/mol. The highest BCUT2D eigenvalue weighted by molar-refractivity contribution is 8.26. The fraction of sp³-hybridized carbons (Fsp3) is 0.292. The molecule has 162 valence electrons. The minimum atomic E-state index is -0.109. The Kier molecular flexibility index (Phi) is 7.57. The molecule has 1 heterocycles. The van der Waals surface area contributed by atoms with Crippen molar-refractivity contribution < 1.29 is 9.59 Å². The number of halogens is 1. The average Bonchev–Trinajstić information content (AvgIpc) is 2.97. The number of thioether (sulfide) groups is 1. The number of hydrogen-bond acceptors (Lipinski definition) is 4. The van der Waals surface area contributed by atoms with Gasteiger partial charge in [-0.15, -0.1) is 0 Å². The molecule has 2 aromatic rings. The Morgan fingerprint density at radius 1 is 1.13 bits per heavy atom. The van der Waals surface area contributed by atoms with Gasteiger partial charge in [0.2, 0.25) is 5.91 Å². The van der Waals surface area contributed by atoms with Gasteiger partial charge in [0.05, 0.1) is 4.91 Å². The Hall–Kier alpha value is -2.15. The number of benzene rings is 2. The Morgan fingerprint density at radius 3 is 2.39 bits per heavy atom. The third-order valence-electron chi connectivity index (χ3n) is 4.86. The van der Waals surface area contributed by atoms with Gasteiger partial charge in [-0.25, -0.2) is 0 Å². The van der Waals surface area contributed by atoms with E-state index in [1.165, 1.54) is 17.3 Å². The van der Waals surface area contributed by atoms with E-state index in [-0.39, 0.29) is 17.2 Å². The normalized spacial score (nSPS) is 15.6. The van der Waals surface area contributed by atoms with Crippen molar-refractivity contribution in [2.45, 2.75) is 39.0 Å². The van der Waals surface area contributed by atoms with E-state index in [1.807, 2.05) is 18.2 Å². The minimum Gasteiger partial charge on any atom is -0.326 e. The second-order valence-corrected chi connectivity index (χ2v) is 10.5. The average molecular weight is 473 g/mol. The number of amides is 2. The van der Waals surface area contributed by atoms with Crippen LogP contribution in [-0.4, -0.2) is 27.6 Å². The number of carbonyl (C=O) groups is 2.